The summed E-state index contributed by atoms with van der Waals surface area (Å²) in [6.07, 6.45) is 0. The van der Waals surface area contributed by atoms with Crippen LogP contribution in [-0.2, 0) is 9.59 Å². The quantitative estimate of drug-likeness (QED) is 0.310. The number of likely N-dealkylation sites (N-methyl/N-ethyl adjacent to an activating group) is 1. The fraction of sp³-hybridized carbons (Fsp3) is 0.407. The van der Waals surface area contributed by atoms with Gasteiger partial charge >= 0.3 is 0 Å². The molecule has 8 heteroatoms. The standard InChI is InChI=1S/C27H34N2O6/c1-17(2)16-35-19-12-10-18(11-13-19)24(30)22-23(20-8-7-9-21(33-5)26(20)34-6)29(15-14-28(3)4)27(32)25(22)31/h7-13,17,23,30H,14-16H2,1-6H3. The largest absolute Gasteiger partial charge is 0.872 e. The number of hydrogen-bond acceptors (Lipinski definition) is 6. The SMILES string of the molecule is COc1cccc(C2C(=C([O-])c3ccc(OCC(C)C)cc3)C(=O)C(=O)N2CC[NH+](C)C)c1OC. The topological polar surface area (TPSA) is 92.6 Å². The Labute approximate surface area is 206 Å². The molecule has 0 radical (unpaired) electrons. The van der Waals surface area contributed by atoms with Crippen LogP contribution in [0, 0.1) is 5.92 Å². The van der Waals surface area contributed by atoms with Crippen molar-refractivity contribution in [1.82, 2.24) is 4.90 Å². The molecule has 1 atom stereocenters. The van der Waals surface area contributed by atoms with Crippen LogP contribution in [0.2, 0.25) is 0 Å². The van der Waals surface area contributed by atoms with Crippen LogP contribution in [0.1, 0.15) is 31.0 Å². The average molecular weight is 483 g/mol. The minimum atomic E-state index is -0.885. The Morgan fingerprint density at radius 2 is 1.74 bits per heavy atom. The Bertz CT molecular complexity index is 1090. The third kappa shape index (κ3) is 5.59. The van der Waals surface area contributed by atoms with Gasteiger partial charge in [0.1, 0.15) is 5.75 Å². The summed E-state index contributed by atoms with van der Waals surface area (Å²) in [7, 11) is 6.93. The Balaban J connectivity index is 2.13. The van der Waals surface area contributed by atoms with Crippen LogP contribution in [0.4, 0.5) is 0 Å². The van der Waals surface area contributed by atoms with Crippen molar-refractivity contribution in [2.45, 2.75) is 19.9 Å². The van der Waals surface area contributed by atoms with Crippen LogP contribution in [0.3, 0.4) is 0 Å². The number of likely N-dealkylation sites (tertiary alicyclic amines) is 1. The number of rotatable bonds is 10. The van der Waals surface area contributed by atoms with Crippen molar-refractivity contribution in [2.24, 2.45) is 5.92 Å². The summed E-state index contributed by atoms with van der Waals surface area (Å²) in [5.74, 6) is -0.146. The monoisotopic (exact) mass is 482 g/mol. The molecule has 1 fully saturated rings. The highest BCUT2D eigenvalue weighted by molar-refractivity contribution is 6.46. The first-order valence-electron chi connectivity index (χ1n) is 11.7. The summed E-state index contributed by atoms with van der Waals surface area (Å²) in [6.45, 7) is 5.56. The molecule has 35 heavy (non-hydrogen) atoms. The number of carbonyl (C=O) groups is 2. The lowest BCUT2D eigenvalue weighted by molar-refractivity contribution is -0.857. The summed E-state index contributed by atoms with van der Waals surface area (Å²) < 4.78 is 16.7. The van der Waals surface area contributed by atoms with Crippen molar-refractivity contribution >= 4 is 17.4 Å². The Kier molecular flexibility index (Phi) is 8.40. The Morgan fingerprint density at radius 1 is 1.06 bits per heavy atom. The molecule has 1 saturated heterocycles. The van der Waals surface area contributed by atoms with Crippen molar-refractivity contribution in [1.29, 1.82) is 0 Å². The smallest absolute Gasteiger partial charge is 0.295 e. The summed E-state index contributed by atoms with van der Waals surface area (Å²) in [6, 6.07) is 11.0. The van der Waals surface area contributed by atoms with Crippen LogP contribution in [0.25, 0.3) is 5.76 Å². The predicted octanol–water partition coefficient (Wildman–Crippen LogP) is 1.11. The van der Waals surface area contributed by atoms with E-state index in [1.165, 1.54) is 19.1 Å². The van der Waals surface area contributed by atoms with E-state index < -0.39 is 23.5 Å². The molecule has 2 aromatic carbocycles. The number of Topliss-reactive ketones (excluding diaryl/α,β-unsaturated/α-hetero) is 1. The molecule has 3 rings (SSSR count). The summed E-state index contributed by atoms with van der Waals surface area (Å²) in [5, 5.41) is 13.6. The number of benzene rings is 2. The van der Waals surface area contributed by atoms with E-state index in [2.05, 4.69) is 0 Å². The van der Waals surface area contributed by atoms with Gasteiger partial charge in [0.25, 0.3) is 5.91 Å². The molecule has 0 aliphatic carbocycles. The van der Waals surface area contributed by atoms with E-state index in [9.17, 15) is 14.7 Å². The molecule has 1 aliphatic heterocycles. The molecule has 0 saturated carbocycles. The maximum Gasteiger partial charge on any atom is 0.295 e. The van der Waals surface area contributed by atoms with E-state index in [-0.39, 0.29) is 5.57 Å². The van der Waals surface area contributed by atoms with Crippen LogP contribution >= 0.6 is 0 Å². The highest BCUT2D eigenvalue weighted by Crippen LogP contribution is 2.44. The number of methoxy groups -OCH3 is 2. The van der Waals surface area contributed by atoms with Gasteiger partial charge < -0.3 is 29.1 Å². The maximum atomic E-state index is 13.6. The highest BCUT2D eigenvalue weighted by Gasteiger charge is 2.45. The van der Waals surface area contributed by atoms with Gasteiger partial charge in [0, 0.05) is 11.1 Å². The van der Waals surface area contributed by atoms with Gasteiger partial charge in [-0.1, -0.05) is 43.9 Å². The lowest BCUT2D eigenvalue weighted by Crippen LogP contribution is -3.06. The molecular formula is C27H34N2O6. The van der Waals surface area contributed by atoms with Crippen LogP contribution < -0.4 is 24.2 Å². The zero-order valence-electron chi connectivity index (χ0n) is 21.2. The van der Waals surface area contributed by atoms with Crippen molar-refractivity contribution < 1.29 is 33.8 Å². The molecule has 1 aliphatic rings. The number of hydrogen-bond donors (Lipinski definition) is 1. The van der Waals surface area contributed by atoms with Gasteiger partial charge in [-0.05, 0) is 29.7 Å². The maximum absolute atomic E-state index is 13.6. The molecule has 188 valence electrons. The summed E-state index contributed by atoms with van der Waals surface area (Å²) >= 11 is 0. The first-order valence-corrected chi connectivity index (χ1v) is 11.7. The van der Waals surface area contributed by atoms with E-state index in [0.29, 0.717) is 54.0 Å². The third-order valence-electron chi connectivity index (χ3n) is 5.81. The van der Waals surface area contributed by atoms with Gasteiger partial charge in [0.05, 0.1) is 54.1 Å². The molecule has 1 N–H and O–H groups in total. The molecular weight excluding hydrogens is 448 g/mol. The number of nitrogens with zero attached hydrogens (tertiary/aromatic N) is 1. The number of quaternary nitrogens is 1. The number of ether oxygens (including phenoxy) is 3. The normalized spacial score (nSPS) is 17.4. The average Bonchev–Trinajstić information content (AvgIpc) is 3.10. The van der Waals surface area contributed by atoms with Crippen molar-refractivity contribution in [3.8, 4) is 17.2 Å². The fourth-order valence-corrected chi connectivity index (χ4v) is 4.02. The molecule has 0 aromatic heterocycles. The lowest BCUT2D eigenvalue weighted by Gasteiger charge is -2.29. The Morgan fingerprint density at radius 3 is 2.31 bits per heavy atom. The molecule has 1 unspecified atom stereocenters. The minimum absolute atomic E-state index is 0.0915. The van der Waals surface area contributed by atoms with E-state index >= 15 is 0 Å². The minimum Gasteiger partial charge on any atom is -0.872 e. The number of para-hydroxylation sites is 1. The molecule has 1 amide bonds. The van der Waals surface area contributed by atoms with Gasteiger partial charge in [-0.3, -0.25) is 9.59 Å². The van der Waals surface area contributed by atoms with Gasteiger partial charge in [0.2, 0.25) is 5.78 Å². The van der Waals surface area contributed by atoms with Crippen molar-refractivity contribution in [3.63, 3.8) is 0 Å². The lowest BCUT2D eigenvalue weighted by atomic mass is 9.94. The third-order valence-corrected chi connectivity index (χ3v) is 5.81. The first-order chi connectivity index (χ1) is 16.7. The number of nitrogens with one attached hydrogen (secondary N) is 1. The van der Waals surface area contributed by atoms with E-state index in [4.69, 9.17) is 14.2 Å². The van der Waals surface area contributed by atoms with Crippen molar-refractivity contribution in [2.75, 3.05) is 48.0 Å². The second-order valence-electron chi connectivity index (χ2n) is 9.24. The van der Waals surface area contributed by atoms with E-state index in [1.807, 2.05) is 27.9 Å². The Hall–Kier alpha value is -3.52. The second-order valence-corrected chi connectivity index (χ2v) is 9.24. The zero-order chi connectivity index (χ0) is 25.7. The number of carbonyl (C=O) groups excluding carboxylic acids is 2. The fourth-order valence-electron chi connectivity index (χ4n) is 4.02. The molecule has 0 bridgehead atoms. The first kappa shape index (κ1) is 26.1. The van der Waals surface area contributed by atoms with Gasteiger partial charge in [-0.25, -0.2) is 0 Å². The second kappa shape index (κ2) is 11.3. The molecule has 2 aromatic rings. The van der Waals surface area contributed by atoms with E-state index in [0.717, 1.165) is 4.90 Å². The van der Waals surface area contributed by atoms with Gasteiger partial charge in [0.15, 0.2) is 11.5 Å². The van der Waals surface area contributed by atoms with E-state index in [1.54, 1.807) is 42.5 Å². The van der Waals surface area contributed by atoms with Crippen LogP contribution in [0.15, 0.2) is 48.0 Å². The molecule has 0 spiro atoms. The van der Waals surface area contributed by atoms with Crippen LogP contribution in [0.5, 0.6) is 17.2 Å². The zero-order valence-corrected chi connectivity index (χ0v) is 21.2. The highest BCUT2D eigenvalue weighted by atomic mass is 16.5. The van der Waals surface area contributed by atoms with Gasteiger partial charge in [-0.15, -0.1) is 0 Å². The molecule has 1 heterocycles. The predicted molar refractivity (Wildman–Crippen MR) is 130 cm³/mol. The van der Waals surface area contributed by atoms with Crippen molar-refractivity contribution in [3.05, 3.63) is 59.2 Å². The van der Waals surface area contributed by atoms with Gasteiger partial charge in [-0.2, -0.15) is 0 Å². The number of amides is 1. The molecule has 8 nitrogen and oxygen atoms in total. The van der Waals surface area contributed by atoms with Crippen LogP contribution in [-0.4, -0.2) is 64.6 Å². The summed E-state index contributed by atoms with van der Waals surface area (Å²) in [4.78, 5) is 28.9. The number of ketones is 1. The summed E-state index contributed by atoms with van der Waals surface area (Å²) in [5.41, 5.74) is 0.746.